The molecule has 11 aromatic rings. The molecule has 0 aliphatic heterocycles. The summed E-state index contributed by atoms with van der Waals surface area (Å²) >= 11 is 0. The predicted octanol–water partition coefficient (Wildman–Crippen LogP) is 18.1. The summed E-state index contributed by atoms with van der Waals surface area (Å²) in [5, 5.41) is 2.27. The van der Waals surface area contributed by atoms with Crippen LogP contribution in [0.2, 0.25) is 0 Å². The highest BCUT2D eigenvalue weighted by atomic mass is 16.3. The molecular formula is C66H49NO. The molecule has 2 nitrogen and oxygen atoms in total. The normalized spacial score (nSPS) is 13.8. The Labute approximate surface area is 398 Å². The molecule has 3 aliphatic carbocycles. The lowest BCUT2D eigenvalue weighted by Crippen LogP contribution is -2.25. The Balaban J connectivity index is 0.00000226. The molecule has 1 aromatic heterocycles. The number of anilines is 3. The Bertz CT molecular complexity index is 3730. The fourth-order valence-electron chi connectivity index (χ4n) is 12.2. The van der Waals surface area contributed by atoms with Crippen LogP contribution >= 0.6 is 0 Å². The van der Waals surface area contributed by atoms with Gasteiger partial charge in [-0.05, 0) is 114 Å². The van der Waals surface area contributed by atoms with Crippen molar-refractivity contribution in [3.63, 3.8) is 0 Å². The van der Waals surface area contributed by atoms with Crippen LogP contribution in [0.4, 0.5) is 17.1 Å². The Kier molecular flexibility index (Phi) is 8.95. The Morgan fingerprint density at radius 1 is 0.324 bits per heavy atom. The highest BCUT2D eigenvalue weighted by Gasteiger charge is 2.52. The molecule has 0 radical (unpaired) electrons. The fraction of sp³-hybridized carbons (Fsp3) is 0.0909. The van der Waals surface area contributed by atoms with E-state index >= 15 is 0 Å². The molecule has 0 atom stereocenters. The van der Waals surface area contributed by atoms with Crippen molar-refractivity contribution in [2.24, 2.45) is 0 Å². The van der Waals surface area contributed by atoms with Crippen LogP contribution in [0.3, 0.4) is 0 Å². The maximum Gasteiger partial charge on any atom is 0.143 e. The minimum absolute atomic E-state index is 0.116. The van der Waals surface area contributed by atoms with E-state index in [2.05, 4.69) is 243 Å². The van der Waals surface area contributed by atoms with Gasteiger partial charge in [0.05, 0.1) is 5.41 Å². The zero-order valence-corrected chi connectivity index (χ0v) is 38.7. The second-order valence-electron chi connectivity index (χ2n) is 18.7. The molecule has 0 bridgehead atoms. The monoisotopic (exact) mass is 871 g/mol. The first kappa shape index (κ1) is 40.1. The van der Waals surface area contributed by atoms with Crippen LogP contribution in [0.15, 0.2) is 229 Å². The minimum Gasteiger partial charge on any atom is -0.455 e. The molecule has 1 spiro atoms. The van der Waals surface area contributed by atoms with Crippen molar-refractivity contribution in [2.75, 3.05) is 4.90 Å². The molecule has 2 heteroatoms. The number of hydrogen-bond donors (Lipinski definition) is 0. The van der Waals surface area contributed by atoms with Gasteiger partial charge in [-0.25, -0.2) is 0 Å². The summed E-state index contributed by atoms with van der Waals surface area (Å²) in [5.41, 5.74) is 24.9. The summed E-state index contributed by atoms with van der Waals surface area (Å²) in [6.07, 6.45) is 0. The highest BCUT2D eigenvalue weighted by Crippen LogP contribution is 2.64. The second kappa shape index (κ2) is 15.2. The van der Waals surface area contributed by atoms with Gasteiger partial charge in [0.1, 0.15) is 11.2 Å². The van der Waals surface area contributed by atoms with Gasteiger partial charge in [-0.3, -0.25) is 0 Å². The molecular weight excluding hydrogens is 823 g/mol. The zero-order chi connectivity index (χ0) is 45.7. The van der Waals surface area contributed by atoms with Gasteiger partial charge in [-0.2, -0.15) is 0 Å². The average Bonchev–Trinajstić information content (AvgIpc) is 4.10. The first-order chi connectivity index (χ1) is 33.5. The highest BCUT2D eigenvalue weighted by molar-refractivity contribution is 6.15. The van der Waals surface area contributed by atoms with E-state index in [0.29, 0.717) is 0 Å². The third kappa shape index (κ3) is 5.52. The molecule has 324 valence electrons. The third-order valence-corrected chi connectivity index (χ3v) is 15.1. The SMILES string of the molecule is CC.CC1(C)c2ccccc2-c2ccc(N(c3ccc(-c4ccccc4)cc3)c3ccc(-c4cccc5c4oc4c6c(ccc45)C4(c5ccccc5-c5ccccc54)c4ccccc4-6)cc3)cc21. The smallest absolute Gasteiger partial charge is 0.143 e. The van der Waals surface area contributed by atoms with Gasteiger partial charge in [0.2, 0.25) is 0 Å². The van der Waals surface area contributed by atoms with Crippen LogP contribution in [-0.4, -0.2) is 0 Å². The molecule has 0 unspecified atom stereocenters. The third-order valence-electron chi connectivity index (χ3n) is 15.1. The lowest BCUT2D eigenvalue weighted by atomic mass is 9.70. The van der Waals surface area contributed by atoms with E-state index in [-0.39, 0.29) is 5.41 Å². The standard InChI is InChI=1S/C64H43NO.C2H6/c1-63(2)54-23-10-6-17-47(54)50-36-35-45(39-59(50)63)65(43-31-27-41(28-32-43)40-15-4-3-5-16-40)44-33-29-42(30-34-44)46-21-14-22-51-52-37-38-58-60(62(52)66-61(46)51)53-20-9-13-26-57(53)64(58)55-24-11-7-18-48(55)49-19-8-12-25-56(49)64;1-2/h3-39H,1-2H3;1-2H3. The van der Waals surface area contributed by atoms with Gasteiger partial charge in [0, 0.05) is 44.4 Å². The van der Waals surface area contributed by atoms with Gasteiger partial charge < -0.3 is 9.32 Å². The molecule has 10 aromatic carbocycles. The second-order valence-corrected chi connectivity index (χ2v) is 18.7. The molecule has 0 amide bonds. The number of rotatable bonds is 5. The number of furan rings is 1. The zero-order valence-electron chi connectivity index (χ0n) is 38.7. The summed E-state index contributed by atoms with van der Waals surface area (Å²) in [6, 6.07) is 82.8. The lowest BCUT2D eigenvalue weighted by Gasteiger charge is -2.30. The molecule has 0 N–H and O–H groups in total. The van der Waals surface area contributed by atoms with Crippen molar-refractivity contribution in [3.8, 4) is 55.6 Å². The van der Waals surface area contributed by atoms with Gasteiger partial charge in [0.15, 0.2) is 0 Å². The lowest BCUT2D eigenvalue weighted by molar-refractivity contribution is 0.660. The van der Waals surface area contributed by atoms with Crippen LogP contribution in [0.25, 0.3) is 77.6 Å². The average molecular weight is 872 g/mol. The van der Waals surface area contributed by atoms with E-state index in [1.165, 1.54) is 77.9 Å². The maximum absolute atomic E-state index is 7.26. The number of benzene rings is 10. The number of para-hydroxylation sites is 1. The van der Waals surface area contributed by atoms with Crippen molar-refractivity contribution in [3.05, 3.63) is 258 Å². The molecule has 1 heterocycles. The van der Waals surface area contributed by atoms with Gasteiger partial charge >= 0.3 is 0 Å². The first-order valence-electron chi connectivity index (χ1n) is 24.1. The van der Waals surface area contributed by atoms with Crippen LogP contribution in [0.5, 0.6) is 0 Å². The maximum atomic E-state index is 7.26. The van der Waals surface area contributed by atoms with Crippen molar-refractivity contribution in [2.45, 2.75) is 38.5 Å². The van der Waals surface area contributed by atoms with Crippen molar-refractivity contribution in [1.29, 1.82) is 0 Å². The van der Waals surface area contributed by atoms with Gasteiger partial charge in [0.25, 0.3) is 0 Å². The molecule has 3 aliphatic rings. The summed E-state index contributed by atoms with van der Waals surface area (Å²) in [7, 11) is 0. The van der Waals surface area contributed by atoms with Gasteiger partial charge in [-0.15, -0.1) is 0 Å². The Hall–Kier alpha value is -8.20. The molecule has 68 heavy (non-hydrogen) atoms. The van der Waals surface area contributed by atoms with Crippen LogP contribution in [-0.2, 0) is 10.8 Å². The quantitative estimate of drug-likeness (QED) is 0.171. The Morgan fingerprint density at radius 2 is 0.794 bits per heavy atom. The van der Waals surface area contributed by atoms with Crippen LogP contribution in [0, 0.1) is 0 Å². The summed E-state index contributed by atoms with van der Waals surface area (Å²) in [6.45, 7) is 8.71. The number of hydrogen-bond acceptors (Lipinski definition) is 2. The van der Waals surface area contributed by atoms with Crippen LogP contribution in [0.1, 0.15) is 61.1 Å². The fourth-order valence-corrected chi connectivity index (χ4v) is 12.2. The Morgan fingerprint density at radius 3 is 1.44 bits per heavy atom. The topological polar surface area (TPSA) is 16.4 Å². The van der Waals surface area contributed by atoms with E-state index in [4.69, 9.17) is 4.42 Å². The van der Waals surface area contributed by atoms with E-state index in [1.807, 2.05) is 13.8 Å². The van der Waals surface area contributed by atoms with E-state index in [9.17, 15) is 0 Å². The van der Waals surface area contributed by atoms with Crippen molar-refractivity contribution >= 4 is 39.0 Å². The predicted molar refractivity (Wildman–Crippen MR) is 284 cm³/mol. The van der Waals surface area contributed by atoms with Crippen molar-refractivity contribution in [1.82, 2.24) is 0 Å². The summed E-state index contributed by atoms with van der Waals surface area (Å²) in [5.74, 6) is 0. The molecule has 0 saturated heterocycles. The van der Waals surface area contributed by atoms with Crippen LogP contribution < -0.4 is 4.90 Å². The van der Waals surface area contributed by atoms with E-state index in [1.54, 1.807) is 0 Å². The van der Waals surface area contributed by atoms with Gasteiger partial charge in [-0.1, -0.05) is 216 Å². The largest absolute Gasteiger partial charge is 0.455 e. The number of fused-ring (bicyclic) bond motifs is 17. The van der Waals surface area contributed by atoms with E-state index in [0.717, 1.165) is 50.1 Å². The molecule has 0 saturated carbocycles. The van der Waals surface area contributed by atoms with E-state index < -0.39 is 5.41 Å². The molecule has 0 fully saturated rings. The summed E-state index contributed by atoms with van der Waals surface area (Å²) < 4.78 is 7.26. The first-order valence-corrected chi connectivity index (χ1v) is 24.1. The summed E-state index contributed by atoms with van der Waals surface area (Å²) in [4.78, 5) is 2.40. The van der Waals surface area contributed by atoms with Crippen molar-refractivity contribution < 1.29 is 4.42 Å². The minimum atomic E-state index is -0.419. The molecule has 14 rings (SSSR count). The number of nitrogens with zero attached hydrogens (tertiary/aromatic N) is 1.